The van der Waals surface area contributed by atoms with Gasteiger partial charge in [-0.05, 0) is 54.6 Å². The maximum Gasteiger partial charge on any atom is 0.253 e. The summed E-state index contributed by atoms with van der Waals surface area (Å²) in [6.07, 6.45) is 0.647. The van der Waals surface area contributed by atoms with Crippen LogP contribution in [0.2, 0.25) is 0 Å². The first-order chi connectivity index (χ1) is 14.5. The number of piperidine rings is 1. The summed E-state index contributed by atoms with van der Waals surface area (Å²) in [5.74, 6) is -1.07. The first-order valence-electron chi connectivity index (χ1n) is 10.0. The number of amides is 2. The number of likely N-dealkylation sites (tertiary alicyclic amines) is 1. The molecule has 2 unspecified atom stereocenters. The van der Waals surface area contributed by atoms with Crippen LogP contribution in [0.25, 0.3) is 10.1 Å². The molecule has 5 nitrogen and oxygen atoms in total. The number of rotatable bonds is 5. The molecule has 2 amide bonds. The minimum atomic E-state index is -0.771. The van der Waals surface area contributed by atoms with Crippen LogP contribution in [0.15, 0.2) is 54.6 Å². The van der Waals surface area contributed by atoms with E-state index in [-0.39, 0.29) is 30.1 Å². The zero-order valence-electron chi connectivity index (χ0n) is 16.4. The molecule has 156 valence electrons. The highest BCUT2D eigenvalue weighted by Gasteiger charge is 2.29. The molecule has 0 radical (unpaired) electrons. The normalized spacial score (nSPS) is 17.7. The number of nitrogens with zero attached hydrogens (tertiary/aromatic N) is 1. The van der Waals surface area contributed by atoms with Gasteiger partial charge < -0.3 is 15.3 Å². The third kappa shape index (κ3) is 4.52. The van der Waals surface area contributed by atoms with Crippen LogP contribution in [0, 0.1) is 11.7 Å². The first-order valence-corrected chi connectivity index (χ1v) is 10.8. The van der Waals surface area contributed by atoms with Gasteiger partial charge in [0.2, 0.25) is 5.91 Å². The lowest BCUT2D eigenvalue weighted by molar-refractivity contribution is -0.126. The number of halogens is 1. The highest BCUT2D eigenvalue weighted by Crippen LogP contribution is 2.29. The summed E-state index contributed by atoms with van der Waals surface area (Å²) < 4.78 is 14.2. The Balaban J connectivity index is 1.33. The molecule has 4 rings (SSSR count). The van der Waals surface area contributed by atoms with Gasteiger partial charge in [-0.25, -0.2) is 4.39 Å². The van der Waals surface area contributed by atoms with Crippen molar-refractivity contribution in [3.05, 3.63) is 70.9 Å². The molecular weight excluding hydrogens is 403 g/mol. The van der Waals surface area contributed by atoms with Crippen LogP contribution in [0.5, 0.6) is 0 Å². The number of thiophene rings is 1. The van der Waals surface area contributed by atoms with E-state index in [1.54, 1.807) is 4.90 Å². The quantitative estimate of drug-likeness (QED) is 0.653. The van der Waals surface area contributed by atoms with Crippen LogP contribution in [-0.4, -0.2) is 41.5 Å². The van der Waals surface area contributed by atoms with E-state index in [1.165, 1.54) is 35.6 Å². The molecule has 1 aromatic heterocycles. The zero-order valence-corrected chi connectivity index (χ0v) is 17.2. The summed E-state index contributed by atoms with van der Waals surface area (Å²) in [7, 11) is 0. The molecule has 0 bridgehead atoms. The summed E-state index contributed by atoms with van der Waals surface area (Å²) >= 11 is 1.51. The third-order valence-corrected chi connectivity index (χ3v) is 6.63. The molecule has 1 saturated heterocycles. The number of aliphatic hydroxyl groups excluding tert-OH is 1. The maximum atomic E-state index is 13.1. The van der Waals surface area contributed by atoms with Crippen molar-refractivity contribution >= 4 is 33.2 Å². The summed E-state index contributed by atoms with van der Waals surface area (Å²) in [5.41, 5.74) is 0.414. The molecule has 1 aliphatic heterocycles. The lowest BCUT2D eigenvalue weighted by Gasteiger charge is -2.32. The van der Waals surface area contributed by atoms with Gasteiger partial charge in [0.25, 0.3) is 5.91 Å². The summed E-state index contributed by atoms with van der Waals surface area (Å²) in [5, 5.41) is 14.4. The second-order valence-corrected chi connectivity index (χ2v) is 8.66. The highest BCUT2D eigenvalue weighted by molar-refractivity contribution is 7.19. The van der Waals surface area contributed by atoms with Gasteiger partial charge in [-0.15, -0.1) is 11.3 Å². The predicted octanol–water partition coefficient (Wildman–Crippen LogP) is 3.74. The van der Waals surface area contributed by atoms with Crippen LogP contribution < -0.4 is 5.32 Å². The number of hydrogen-bond donors (Lipinski definition) is 2. The molecule has 2 heterocycles. The minimum absolute atomic E-state index is 0.133. The molecule has 0 aliphatic carbocycles. The second-order valence-electron chi connectivity index (χ2n) is 7.54. The van der Waals surface area contributed by atoms with E-state index in [4.69, 9.17) is 0 Å². The fourth-order valence-electron chi connectivity index (χ4n) is 3.76. The maximum absolute atomic E-state index is 13.1. The second kappa shape index (κ2) is 8.93. The Labute approximate surface area is 178 Å². The molecule has 1 aliphatic rings. The van der Waals surface area contributed by atoms with Crippen molar-refractivity contribution in [1.29, 1.82) is 0 Å². The van der Waals surface area contributed by atoms with Crippen molar-refractivity contribution in [3.8, 4) is 0 Å². The van der Waals surface area contributed by atoms with Crippen molar-refractivity contribution in [3.63, 3.8) is 0 Å². The number of carbonyl (C=O) groups excluding carboxylic acids is 2. The number of aliphatic hydroxyl groups is 1. The Morgan fingerprint density at radius 1 is 1.20 bits per heavy atom. The molecule has 2 N–H and O–H groups in total. The summed E-state index contributed by atoms with van der Waals surface area (Å²) in [6, 6.07) is 15.3. The van der Waals surface area contributed by atoms with E-state index in [1.807, 2.05) is 30.3 Å². The Morgan fingerprint density at radius 3 is 2.73 bits per heavy atom. The minimum Gasteiger partial charge on any atom is -0.386 e. The molecule has 0 saturated carbocycles. The van der Waals surface area contributed by atoms with Crippen molar-refractivity contribution in [2.45, 2.75) is 18.9 Å². The molecule has 3 aromatic rings. The fraction of sp³-hybridized carbons (Fsp3) is 0.304. The monoisotopic (exact) mass is 426 g/mol. The highest BCUT2D eigenvalue weighted by atomic mass is 32.1. The zero-order chi connectivity index (χ0) is 21.1. The lowest BCUT2D eigenvalue weighted by atomic mass is 9.96. The van der Waals surface area contributed by atoms with Gasteiger partial charge >= 0.3 is 0 Å². The van der Waals surface area contributed by atoms with E-state index in [9.17, 15) is 19.1 Å². The molecule has 0 spiro atoms. The largest absolute Gasteiger partial charge is 0.386 e. The standard InChI is InChI=1S/C23H23FN2O3S/c24-18-9-7-15(8-10-18)23(29)26-11-3-5-17(14-26)22(28)25-13-19(27)21-12-16-4-1-2-6-20(16)30-21/h1-2,4,6-10,12,17,19,27H,3,5,11,13-14H2,(H,25,28). The van der Waals surface area contributed by atoms with Crippen molar-refractivity contribution in [2.24, 2.45) is 5.92 Å². The van der Waals surface area contributed by atoms with Gasteiger partial charge in [-0.3, -0.25) is 9.59 Å². The van der Waals surface area contributed by atoms with Crippen LogP contribution >= 0.6 is 11.3 Å². The first kappa shape index (κ1) is 20.5. The summed E-state index contributed by atoms with van der Waals surface area (Å²) in [4.78, 5) is 27.8. The van der Waals surface area contributed by atoms with E-state index in [0.29, 0.717) is 25.1 Å². The van der Waals surface area contributed by atoms with Crippen molar-refractivity contribution < 1.29 is 19.1 Å². The molecular formula is C23H23FN2O3S. The van der Waals surface area contributed by atoms with Gasteiger partial charge in [0, 0.05) is 34.8 Å². The van der Waals surface area contributed by atoms with Crippen LogP contribution in [0.4, 0.5) is 4.39 Å². The van der Waals surface area contributed by atoms with Crippen molar-refractivity contribution in [1.82, 2.24) is 10.2 Å². The number of fused-ring (bicyclic) bond motifs is 1. The average Bonchev–Trinajstić information content (AvgIpc) is 3.22. The van der Waals surface area contributed by atoms with Crippen molar-refractivity contribution in [2.75, 3.05) is 19.6 Å². The SMILES string of the molecule is O=C(NCC(O)c1cc2ccccc2s1)C1CCCN(C(=O)c2ccc(F)cc2)C1. The molecule has 7 heteroatoms. The summed E-state index contributed by atoms with van der Waals surface area (Å²) in [6.45, 7) is 1.03. The molecule has 1 fully saturated rings. The number of benzene rings is 2. The lowest BCUT2D eigenvalue weighted by Crippen LogP contribution is -2.46. The Hall–Kier alpha value is -2.77. The Morgan fingerprint density at radius 2 is 1.97 bits per heavy atom. The van der Waals surface area contributed by atoms with Gasteiger partial charge in [0.15, 0.2) is 0 Å². The topological polar surface area (TPSA) is 69.6 Å². The van der Waals surface area contributed by atoms with Gasteiger partial charge in [-0.2, -0.15) is 0 Å². The third-order valence-electron chi connectivity index (χ3n) is 5.41. The van der Waals surface area contributed by atoms with Gasteiger partial charge in [-0.1, -0.05) is 18.2 Å². The van der Waals surface area contributed by atoms with Gasteiger partial charge in [0.1, 0.15) is 11.9 Å². The van der Waals surface area contributed by atoms with E-state index in [0.717, 1.165) is 21.4 Å². The van der Waals surface area contributed by atoms with Crippen LogP contribution in [-0.2, 0) is 4.79 Å². The Bertz CT molecular complexity index is 1020. The van der Waals surface area contributed by atoms with Crippen LogP contribution in [0.3, 0.4) is 0 Å². The fourth-order valence-corrected chi connectivity index (χ4v) is 4.81. The smallest absolute Gasteiger partial charge is 0.253 e. The van der Waals surface area contributed by atoms with E-state index >= 15 is 0 Å². The number of hydrogen-bond acceptors (Lipinski definition) is 4. The van der Waals surface area contributed by atoms with E-state index < -0.39 is 6.10 Å². The van der Waals surface area contributed by atoms with E-state index in [2.05, 4.69) is 5.32 Å². The molecule has 2 atom stereocenters. The number of nitrogens with one attached hydrogen (secondary N) is 1. The Kier molecular flexibility index (Phi) is 6.11. The van der Waals surface area contributed by atoms with Gasteiger partial charge in [0.05, 0.1) is 5.92 Å². The average molecular weight is 427 g/mol. The predicted molar refractivity (Wildman–Crippen MR) is 115 cm³/mol. The molecule has 30 heavy (non-hydrogen) atoms. The molecule has 2 aromatic carbocycles. The van der Waals surface area contributed by atoms with Crippen LogP contribution in [0.1, 0.15) is 34.2 Å². The number of carbonyl (C=O) groups is 2.